The Kier molecular flexibility index (Phi) is 5.64. The van der Waals surface area contributed by atoms with Crippen molar-refractivity contribution in [2.75, 3.05) is 0 Å². The Morgan fingerprint density at radius 3 is 1.05 bits per heavy atom. The van der Waals surface area contributed by atoms with Crippen LogP contribution in [-0.4, -0.2) is 29.1 Å². The van der Waals surface area contributed by atoms with Crippen LogP contribution in [-0.2, 0) is 0 Å². The molecule has 6 heteroatoms. The van der Waals surface area contributed by atoms with E-state index in [-0.39, 0.29) is 7.43 Å². The molecule has 0 aliphatic carbocycles. The molecule has 0 spiro atoms. The number of pyridine rings is 4. The lowest BCUT2D eigenvalue weighted by Crippen LogP contribution is -1.98. The van der Waals surface area contributed by atoms with E-state index in [4.69, 9.17) is 0 Å². The molecule has 0 N–H and O–H groups in total. The van der Waals surface area contributed by atoms with Crippen molar-refractivity contribution >= 4 is 43.6 Å². The Balaban J connectivity index is 0.00000276. The summed E-state index contributed by atoms with van der Waals surface area (Å²) in [5.74, 6) is 0. The Morgan fingerprint density at radius 1 is 0.439 bits per heavy atom. The van der Waals surface area contributed by atoms with E-state index in [9.17, 15) is 0 Å². The van der Waals surface area contributed by atoms with Crippen LogP contribution in [0.5, 0.6) is 0 Å². The lowest BCUT2D eigenvalue weighted by molar-refractivity contribution is 1.16. The van der Waals surface area contributed by atoms with Crippen LogP contribution in [0.15, 0.2) is 110 Å². The van der Waals surface area contributed by atoms with Crippen molar-refractivity contribution in [3.05, 3.63) is 121 Å². The van der Waals surface area contributed by atoms with Crippen LogP contribution in [0.1, 0.15) is 18.6 Å². The van der Waals surface area contributed by atoms with Crippen molar-refractivity contribution in [3.63, 3.8) is 0 Å². The highest BCUT2D eigenvalue weighted by atomic mass is 15.0. The number of rotatable bonds is 3. The number of nitrogens with zero attached hydrogens (tertiary/aromatic N) is 6. The summed E-state index contributed by atoms with van der Waals surface area (Å²) in [4.78, 5) is 17.4. The maximum absolute atomic E-state index is 4.36. The molecule has 198 valence electrons. The van der Waals surface area contributed by atoms with Crippen molar-refractivity contribution in [3.8, 4) is 22.5 Å². The van der Waals surface area contributed by atoms with E-state index < -0.39 is 0 Å². The first-order chi connectivity index (χ1) is 19.7. The van der Waals surface area contributed by atoms with E-state index in [1.165, 1.54) is 22.3 Å². The summed E-state index contributed by atoms with van der Waals surface area (Å²) in [5.41, 5.74) is 11.7. The zero-order chi connectivity index (χ0) is 26.8. The number of aromatic nitrogens is 6. The standard InChI is InChI=1S/C34H24N6.CH4/c1-21-15-23(39-31-7-11-35-17-27(31)28-18-36-12-8-32(28)39)3-5-25(21)26-6-4-24(16-22(26)2)40-33-9-13-37-19-29(33)30-20-38-14-10-34(30)40;/h3-20H,1-2H3;1H4. The number of aryl methyl sites for hydroxylation is 2. The molecule has 0 aliphatic heterocycles. The van der Waals surface area contributed by atoms with Crippen molar-refractivity contribution in [1.82, 2.24) is 29.1 Å². The first-order valence-corrected chi connectivity index (χ1v) is 13.3. The first-order valence-electron chi connectivity index (χ1n) is 13.3. The molecule has 0 unspecified atom stereocenters. The van der Waals surface area contributed by atoms with Crippen LogP contribution in [0.2, 0.25) is 0 Å². The largest absolute Gasteiger partial charge is 0.309 e. The van der Waals surface area contributed by atoms with Crippen LogP contribution in [0, 0.1) is 13.8 Å². The third kappa shape index (κ3) is 3.64. The molecule has 6 heterocycles. The minimum absolute atomic E-state index is 0. The van der Waals surface area contributed by atoms with Gasteiger partial charge in [0.1, 0.15) is 0 Å². The summed E-state index contributed by atoms with van der Waals surface area (Å²) in [6.45, 7) is 4.38. The lowest BCUT2D eigenvalue weighted by atomic mass is 9.95. The van der Waals surface area contributed by atoms with Gasteiger partial charge in [-0.15, -0.1) is 0 Å². The molecule has 6 aromatic heterocycles. The van der Waals surface area contributed by atoms with Gasteiger partial charge in [-0.2, -0.15) is 0 Å². The Labute approximate surface area is 237 Å². The number of fused-ring (bicyclic) bond motifs is 6. The smallest absolute Gasteiger partial charge is 0.0572 e. The molecule has 8 rings (SSSR count). The molecule has 0 aliphatic rings. The second-order valence-electron chi connectivity index (χ2n) is 10.2. The van der Waals surface area contributed by atoms with Gasteiger partial charge < -0.3 is 9.13 Å². The monoisotopic (exact) mass is 532 g/mol. The minimum Gasteiger partial charge on any atom is -0.309 e. The molecule has 0 bridgehead atoms. The summed E-state index contributed by atoms with van der Waals surface area (Å²) < 4.78 is 4.60. The summed E-state index contributed by atoms with van der Waals surface area (Å²) in [7, 11) is 0. The quantitative estimate of drug-likeness (QED) is 0.229. The van der Waals surface area contributed by atoms with Crippen molar-refractivity contribution in [2.24, 2.45) is 0 Å². The fourth-order valence-corrected chi connectivity index (χ4v) is 6.15. The molecule has 6 nitrogen and oxygen atoms in total. The van der Waals surface area contributed by atoms with Gasteiger partial charge in [0.25, 0.3) is 0 Å². The molecule has 2 aromatic carbocycles. The topological polar surface area (TPSA) is 61.4 Å². The van der Waals surface area contributed by atoms with Crippen LogP contribution < -0.4 is 0 Å². The van der Waals surface area contributed by atoms with Gasteiger partial charge in [0.2, 0.25) is 0 Å². The van der Waals surface area contributed by atoms with Gasteiger partial charge in [0.15, 0.2) is 0 Å². The zero-order valence-electron chi connectivity index (χ0n) is 22.1. The SMILES string of the molecule is C.Cc1cc(-n2c3ccncc3c3cnccc32)ccc1-c1ccc(-n2c3ccncc3c3cnccc32)cc1C. The normalized spacial score (nSPS) is 11.5. The van der Waals surface area contributed by atoms with Gasteiger partial charge in [-0.1, -0.05) is 19.6 Å². The minimum atomic E-state index is 0. The number of benzene rings is 2. The average Bonchev–Trinajstić information content (AvgIpc) is 3.51. The van der Waals surface area contributed by atoms with Crippen molar-refractivity contribution in [2.45, 2.75) is 21.3 Å². The maximum atomic E-state index is 4.36. The number of hydrogen-bond acceptors (Lipinski definition) is 4. The Hall–Kier alpha value is -5.36. The maximum Gasteiger partial charge on any atom is 0.0572 e. The van der Waals surface area contributed by atoms with Crippen LogP contribution in [0.3, 0.4) is 0 Å². The van der Waals surface area contributed by atoms with Crippen LogP contribution in [0.4, 0.5) is 0 Å². The lowest BCUT2D eigenvalue weighted by Gasteiger charge is -2.15. The van der Waals surface area contributed by atoms with E-state index in [1.54, 1.807) is 0 Å². The van der Waals surface area contributed by atoms with Gasteiger partial charge in [-0.05, 0) is 84.6 Å². The molecule has 8 aromatic rings. The predicted molar refractivity (Wildman–Crippen MR) is 168 cm³/mol. The fourth-order valence-electron chi connectivity index (χ4n) is 6.15. The van der Waals surface area contributed by atoms with E-state index in [0.717, 1.165) is 55.0 Å². The first kappa shape index (κ1) is 24.7. The number of hydrogen-bond donors (Lipinski definition) is 0. The highest BCUT2D eigenvalue weighted by Crippen LogP contribution is 2.36. The third-order valence-electron chi connectivity index (χ3n) is 7.96. The van der Waals surface area contributed by atoms with Gasteiger partial charge in [0.05, 0.1) is 22.1 Å². The molecule has 41 heavy (non-hydrogen) atoms. The molecular formula is C35H28N6. The highest BCUT2D eigenvalue weighted by molar-refractivity contribution is 6.09. The predicted octanol–water partition coefficient (Wildman–Crippen LogP) is 8.38. The summed E-state index contributed by atoms with van der Waals surface area (Å²) in [5, 5.41) is 4.43. The highest BCUT2D eigenvalue weighted by Gasteiger charge is 2.16. The van der Waals surface area contributed by atoms with Crippen LogP contribution >= 0.6 is 0 Å². The van der Waals surface area contributed by atoms with E-state index in [0.29, 0.717) is 0 Å². The molecule has 0 atom stereocenters. The second-order valence-corrected chi connectivity index (χ2v) is 10.2. The van der Waals surface area contributed by atoms with Gasteiger partial charge >= 0.3 is 0 Å². The molecule has 0 radical (unpaired) electrons. The van der Waals surface area contributed by atoms with E-state index in [1.807, 2.05) is 49.6 Å². The van der Waals surface area contributed by atoms with Gasteiger partial charge in [-0.3, -0.25) is 19.9 Å². The summed E-state index contributed by atoms with van der Waals surface area (Å²) in [6, 6.07) is 21.7. The second kappa shape index (κ2) is 9.38. The van der Waals surface area contributed by atoms with Crippen LogP contribution in [0.25, 0.3) is 66.1 Å². The molecule has 0 saturated heterocycles. The van der Waals surface area contributed by atoms with Crippen molar-refractivity contribution in [1.29, 1.82) is 0 Å². The molecule has 0 amide bonds. The zero-order valence-corrected chi connectivity index (χ0v) is 22.1. The van der Waals surface area contributed by atoms with Gasteiger partial charge in [0, 0.05) is 82.5 Å². The molecular weight excluding hydrogens is 504 g/mol. The Morgan fingerprint density at radius 2 is 0.756 bits per heavy atom. The van der Waals surface area contributed by atoms with E-state index in [2.05, 4.69) is 104 Å². The summed E-state index contributed by atoms with van der Waals surface area (Å²) in [6.07, 6.45) is 15.1. The summed E-state index contributed by atoms with van der Waals surface area (Å²) >= 11 is 0. The average molecular weight is 533 g/mol. The third-order valence-corrected chi connectivity index (χ3v) is 7.96. The van der Waals surface area contributed by atoms with E-state index >= 15 is 0 Å². The fraction of sp³-hybridized carbons (Fsp3) is 0.0857. The molecule has 0 saturated carbocycles. The Bertz CT molecular complexity index is 1990. The molecule has 0 fully saturated rings. The van der Waals surface area contributed by atoms with Crippen molar-refractivity contribution < 1.29 is 0 Å². The van der Waals surface area contributed by atoms with Gasteiger partial charge in [-0.25, -0.2) is 0 Å².